The zero-order chi connectivity index (χ0) is 14.1. The topological polar surface area (TPSA) is 58.1 Å². The van der Waals surface area contributed by atoms with Crippen LogP contribution in [0, 0.1) is 5.92 Å². The van der Waals surface area contributed by atoms with Gasteiger partial charge >= 0.3 is 0 Å². The van der Waals surface area contributed by atoms with Crippen molar-refractivity contribution >= 4 is 23.3 Å². The maximum Gasteiger partial charge on any atom is 0.224 e. The van der Waals surface area contributed by atoms with Crippen molar-refractivity contribution in [1.82, 2.24) is 15.3 Å². The van der Waals surface area contributed by atoms with E-state index in [2.05, 4.69) is 20.2 Å². The van der Waals surface area contributed by atoms with Gasteiger partial charge in [0.25, 0.3) is 0 Å². The van der Waals surface area contributed by atoms with Crippen molar-refractivity contribution in [3.8, 4) is 0 Å². The van der Waals surface area contributed by atoms with Crippen molar-refractivity contribution in [2.75, 3.05) is 25.0 Å². The van der Waals surface area contributed by atoms with Crippen molar-refractivity contribution in [1.29, 1.82) is 0 Å². The fraction of sp³-hybridized carbons (Fsp3) is 0.643. The molecule has 20 heavy (non-hydrogen) atoms. The highest BCUT2D eigenvalue weighted by Gasteiger charge is 2.29. The summed E-state index contributed by atoms with van der Waals surface area (Å²) in [5.74, 6) is 1.11. The molecular weight excluding hydrogens is 276 g/mol. The molecule has 1 N–H and O–H groups in total. The number of aryl methyl sites for hydroxylation is 1. The Morgan fingerprint density at radius 3 is 3.00 bits per heavy atom. The maximum atomic E-state index is 11.8. The van der Waals surface area contributed by atoms with Crippen LogP contribution in [0.4, 0.5) is 5.82 Å². The third-order valence-corrected chi connectivity index (χ3v) is 4.39. The van der Waals surface area contributed by atoms with Gasteiger partial charge in [-0.05, 0) is 43.7 Å². The van der Waals surface area contributed by atoms with E-state index in [-0.39, 0.29) is 11.8 Å². The number of carbonyl (C=O) groups is 1. The highest BCUT2D eigenvalue weighted by Crippen LogP contribution is 2.32. The van der Waals surface area contributed by atoms with Gasteiger partial charge < -0.3 is 10.2 Å². The van der Waals surface area contributed by atoms with Gasteiger partial charge in [0.1, 0.15) is 5.82 Å². The molecule has 1 aliphatic heterocycles. The number of halogens is 1. The van der Waals surface area contributed by atoms with Crippen LogP contribution in [0.2, 0.25) is 5.28 Å². The average Bonchev–Trinajstić information content (AvgIpc) is 2.93. The molecule has 1 aromatic heterocycles. The molecule has 3 rings (SSSR count). The van der Waals surface area contributed by atoms with E-state index >= 15 is 0 Å². The molecule has 1 fully saturated rings. The van der Waals surface area contributed by atoms with Gasteiger partial charge in [-0.15, -0.1) is 0 Å². The van der Waals surface area contributed by atoms with E-state index in [9.17, 15) is 4.79 Å². The number of carbonyl (C=O) groups excluding carboxylic acids is 1. The molecule has 0 radical (unpaired) electrons. The number of nitrogens with one attached hydrogen (secondary N) is 1. The van der Waals surface area contributed by atoms with Gasteiger partial charge in [0.2, 0.25) is 11.2 Å². The highest BCUT2D eigenvalue weighted by molar-refractivity contribution is 6.28. The van der Waals surface area contributed by atoms with E-state index in [0.29, 0.717) is 5.28 Å². The molecule has 1 saturated heterocycles. The maximum absolute atomic E-state index is 11.8. The van der Waals surface area contributed by atoms with E-state index in [4.69, 9.17) is 11.6 Å². The van der Waals surface area contributed by atoms with Crippen LogP contribution in [0.3, 0.4) is 0 Å². The first kappa shape index (κ1) is 13.6. The van der Waals surface area contributed by atoms with Crippen molar-refractivity contribution in [3.05, 3.63) is 16.5 Å². The Morgan fingerprint density at radius 1 is 1.35 bits per heavy atom. The van der Waals surface area contributed by atoms with Crippen molar-refractivity contribution in [2.45, 2.75) is 32.1 Å². The second-order valence-electron chi connectivity index (χ2n) is 5.49. The molecule has 2 heterocycles. The minimum absolute atomic E-state index is 0.0412. The van der Waals surface area contributed by atoms with E-state index in [1.54, 1.807) is 7.05 Å². The van der Waals surface area contributed by atoms with Gasteiger partial charge in [-0.25, -0.2) is 9.97 Å². The Labute approximate surface area is 123 Å². The minimum atomic E-state index is 0.0412. The van der Waals surface area contributed by atoms with E-state index in [0.717, 1.165) is 56.7 Å². The molecule has 1 amide bonds. The zero-order valence-electron chi connectivity index (χ0n) is 11.7. The normalized spacial score (nSPS) is 21.7. The molecule has 108 valence electrons. The largest absolute Gasteiger partial charge is 0.359 e. The summed E-state index contributed by atoms with van der Waals surface area (Å²) in [4.78, 5) is 22.8. The van der Waals surface area contributed by atoms with E-state index in [1.165, 1.54) is 5.56 Å². The van der Waals surface area contributed by atoms with Crippen molar-refractivity contribution < 1.29 is 4.79 Å². The van der Waals surface area contributed by atoms with Gasteiger partial charge in [-0.2, -0.15) is 0 Å². The fourth-order valence-corrected chi connectivity index (χ4v) is 3.41. The summed E-state index contributed by atoms with van der Waals surface area (Å²) in [6.45, 7) is 1.66. The van der Waals surface area contributed by atoms with Crippen LogP contribution >= 0.6 is 11.6 Å². The molecule has 0 bridgehead atoms. The molecular formula is C14H19ClN4O. The second-order valence-corrected chi connectivity index (χ2v) is 5.83. The number of rotatable bonds is 2. The summed E-state index contributed by atoms with van der Waals surface area (Å²) in [6, 6.07) is 0. The van der Waals surface area contributed by atoms with Gasteiger partial charge in [0, 0.05) is 25.7 Å². The van der Waals surface area contributed by atoms with Crippen LogP contribution in [-0.4, -0.2) is 36.0 Å². The number of amides is 1. The fourth-order valence-electron chi connectivity index (χ4n) is 3.23. The summed E-state index contributed by atoms with van der Waals surface area (Å²) >= 11 is 6.05. The summed E-state index contributed by atoms with van der Waals surface area (Å²) in [7, 11) is 1.69. The summed E-state index contributed by atoms with van der Waals surface area (Å²) in [5, 5.41) is 3.07. The Hall–Kier alpha value is -1.36. The lowest BCUT2D eigenvalue weighted by Gasteiger charge is -2.33. The molecule has 2 aliphatic rings. The summed E-state index contributed by atoms with van der Waals surface area (Å²) < 4.78 is 0. The molecule has 0 saturated carbocycles. The first-order valence-electron chi connectivity index (χ1n) is 7.21. The van der Waals surface area contributed by atoms with Crippen LogP contribution in [0.1, 0.15) is 30.5 Å². The summed E-state index contributed by atoms with van der Waals surface area (Å²) in [5.41, 5.74) is 2.31. The molecule has 6 heteroatoms. The second kappa shape index (κ2) is 5.56. The lowest BCUT2D eigenvalue weighted by atomic mass is 9.97. The van der Waals surface area contributed by atoms with Crippen LogP contribution < -0.4 is 10.2 Å². The number of hydrogen-bond donors (Lipinski definition) is 1. The minimum Gasteiger partial charge on any atom is -0.359 e. The van der Waals surface area contributed by atoms with Crippen LogP contribution in [-0.2, 0) is 17.6 Å². The SMILES string of the molecule is CNC(=O)[C@@H]1CCCN(c2nc(Cl)nc3c2CCC3)C1. The Kier molecular flexibility index (Phi) is 3.78. The molecule has 1 aliphatic carbocycles. The predicted molar refractivity (Wildman–Crippen MR) is 78.1 cm³/mol. The van der Waals surface area contributed by atoms with E-state index < -0.39 is 0 Å². The van der Waals surface area contributed by atoms with Crippen LogP contribution in [0.25, 0.3) is 0 Å². The quantitative estimate of drug-likeness (QED) is 0.842. The Morgan fingerprint density at radius 2 is 2.20 bits per heavy atom. The Balaban J connectivity index is 1.87. The van der Waals surface area contributed by atoms with Crippen molar-refractivity contribution in [2.24, 2.45) is 5.92 Å². The summed E-state index contributed by atoms with van der Waals surface area (Å²) in [6.07, 6.45) is 5.07. The molecule has 1 aromatic rings. The average molecular weight is 295 g/mol. The third-order valence-electron chi connectivity index (χ3n) is 4.22. The number of anilines is 1. The predicted octanol–water partition coefficient (Wildman–Crippen LogP) is 1.58. The first-order chi connectivity index (χ1) is 9.69. The van der Waals surface area contributed by atoms with Crippen molar-refractivity contribution in [3.63, 3.8) is 0 Å². The zero-order valence-corrected chi connectivity index (χ0v) is 12.4. The lowest BCUT2D eigenvalue weighted by Crippen LogP contribution is -2.43. The lowest BCUT2D eigenvalue weighted by molar-refractivity contribution is -0.124. The molecule has 5 nitrogen and oxygen atoms in total. The van der Waals surface area contributed by atoms with Crippen LogP contribution in [0.15, 0.2) is 0 Å². The van der Waals surface area contributed by atoms with E-state index in [1.807, 2.05) is 0 Å². The number of nitrogens with zero attached hydrogens (tertiary/aromatic N) is 3. The molecule has 1 atom stereocenters. The van der Waals surface area contributed by atoms with Gasteiger partial charge in [-0.1, -0.05) is 0 Å². The monoisotopic (exact) mass is 294 g/mol. The molecule has 0 spiro atoms. The third kappa shape index (κ3) is 2.46. The van der Waals surface area contributed by atoms with Crippen LogP contribution in [0.5, 0.6) is 0 Å². The number of fused-ring (bicyclic) bond motifs is 1. The Bertz CT molecular complexity index is 534. The number of hydrogen-bond acceptors (Lipinski definition) is 4. The highest BCUT2D eigenvalue weighted by atomic mass is 35.5. The van der Waals surface area contributed by atoms with Gasteiger partial charge in [0.15, 0.2) is 0 Å². The molecule has 0 unspecified atom stereocenters. The molecule has 0 aromatic carbocycles. The van der Waals surface area contributed by atoms with Gasteiger partial charge in [0.05, 0.1) is 11.6 Å². The standard InChI is InChI=1S/C14H19ClN4O/c1-16-13(20)9-4-3-7-19(8-9)12-10-5-2-6-11(10)17-14(15)18-12/h9H,2-8H2,1H3,(H,16,20)/t9-/m1/s1. The first-order valence-corrected chi connectivity index (χ1v) is 7.58. The van der Waals surface area contributed by atoms with Gasteiger partial charge in [-0.3, -0.25) is 4.79 Å². The number of piperidine rings is 1. The smallest absolute Gasteiger partial charge is 0.224 e. The number of aromatic nitrogens is 2.